The summed E-state index contributed by atoms with van der Waals surface area (Å²) in [6.07, 6.45) is -1.28. The number of benzene rings is 1. The molecule has 0 aromatic heterocycles. The van der Waals surface area contributed by atoms with E-state index in [2.05, 4.69) is 4.74 Å². The Hall–Kier alpha value is -2.04. The molecule has 1 rings (SSSR count). The fraction of sp³-hybridized carbons (Fsp3) is 0.385. The summed E-state index contributed by atoms with van der Waals surface area (Å²) in [4.78, 5) is 12.5. The van der Waals surface area contributed by atoms with Gasteiger partial charge in [-0.15, -0.1) is 0 Å². The molecular formula is C13H14F2N2O3. The third kappa shape index (κ3) is 4.57. The van der Waals surface area contributed by atoms with Crippen LogP contribution in [-0.2, 0) is 9.53 Å². The van der Waals surface area contributed by atoms with E-state index >= 15 is 0 Å². The summed E-state index contributed by atoms with van der Waals surface area (Å²) in [5.41, 5.74) is -0.0980. The first-order valence-electron chi connectivity index (χ1n) is 5.77. The van der Waals surface area contributed by atoms with Crippen molar-refractivity contribution >= 4 is 5.97 Å². The molecule has 0 fully saturated rings. The van der Waals surface area contributed by atoms with Gasteiger partial charge in [0.2, 0.25) is 0 Å². The van der Waals surface area contributed by atoms with Crippen LogP contribution in [0.1, 0.15) is 11.7 Å². The molecule has 0 aliphatic heterocycles. The van der Waals surface area contributed by atoms with Crippen LogP contribution in [0.3, 0.4) is 0 Å². The molecule has 20 heavy (non-hydrogen) atoms. The lowest BCUT2D eigenvalue weighted by Crippen LogP contribution is -2.34. The number of nitriles is 1. The predicted octanol–water partition coefficient (Wildman–Crippen LogP) is 0.997. The number of aliphatic hydroxyl groups excluding tert-OH is 1. The van der Waals surface area contributed by atoms with Crippen molar-refractivity contribution in [3.8, 4) is 6.07 Å². The minimum Gasteiger partial charge on any atom is -0.468 e. The van der Waals surface area contributed by atoms with Crippen LogP contribution < -0.4 is 0 Å². The third-order valence-corrected chi connectivity index (χ3v) is 2.63. The van der Waals surface area contributed by atoms with Gasteiger partial charge in [0.1, 0.15) is 11.6 Å². The summed E-state index contributed by atoms with van der Waals surface area (Å²) in [5.74, 6) is -2.21. The van der Waals surface area contributed by atoms with Crippen molar-refractivity contribution in [2.75, 3.05) is 26.7 Å². The lowest BCUT2D eigenvalue weighted by Gasteiger charge is -2.21. The van der Waals surface area contributed by atoms with Crippen molar-refractivity contribution in [2.24, 2.45) is 0 Å². The van der Waals surface area contributed by atoms with Gasteiger partial charge in [0.15, 0.2) is 0 Å². The number of hydrogen-bond acceptors (Lipinski definition) is 5. The van der Waals surface area contributed by atoms with E-state index in [4.69, 9.17) is 5.26 Å². The molecule has 0 aliphatic rings. The molecule has 0 spiro atoms. The Balaban J connectivity index is 2.77. The van der Waals surface area contributed by atoms with Gasteiger partial charge in [-0.3, -0.25) is 9.69 Å². The Morgan fingerprint density at radius 2 is 2.25 bits per heavy atom. The van der Waals surface area contributed by atoms with Gasteiger partial charge in [0, 0.05) is 18.2 Å². The van der Waals surface area contributed by atoms with Crippen molar-refractivity contribution in [3.63, 3.8) is 0 Å². The Bertz CT molecular complexity index is 517. The zero-order chi connectivity index (χ0) is 15.1. The van der Waals surface area contributed by atoms with Crippen LogP contribution in [0.25, 0.3) is 0 Å². The maximum absolute atomic E-state index is 13.5. The van der Waals surface area contributed by atoms with Gasteiger partial charge in [-0.2, -0.15) is 5.26 Å². The van der Waals surface area contributed by atoms with Crippen LogP contribution in [0.5, 0.6) is 0 Å². The lowest BCUT2D eigenvalue weighted by atomic mass is 10.1. The average molecular weight is 284 g/mol. The number of halogens is 2. The largest absolute Gasteiger partial charge is 0.468 e. The maximum Gasteiger partial charge on any atom is 0.319 e. The first-order valence-corrected chi connectivity index (χ1v) is 5.77. The van der Waals surface area contributed by atoms with Gasteiger partial charge in [-0.25, -0.2) is 8.78 Å². The Kier molecular flexibility index (Phi) is 6.03. The highest BCUT2D eigenvalue weighted by Gasteiger charge is 2.19. The van der Waals surface area contributed by atoms with E-state index in [1.165, 1.54) is 12.0 Å². The molecule has 0 radical (unpaired) electrons. The molecule has 1 aromatic carbocycles. The molecule has 1 atom stereocenters. The second kappa shape index (κ2) is 7.53. The monoisotopic (exact) mass is 284 g/mol. The van der Waals surface area contributed by atoms with Crippen molar-refractivity contribution in [1.29, 1.82) is 5.26 Å². The van der Waals surface area contributed by atoms with Crippen molar-refractivity contribution in [2.45, 2.75) is 6.10 Å². The summed E-state index contributed by atoms with van der Waals surface area (Å²) >= 11 is 0. The van der Waals surface area contributed by atoms with E-state index in [1.807, 2.05) is 6.07 Å². The third-order valence-electron chi connectivity index (χ3n) is 2.63. The summed E-state index contributed by atoms with van der Waals surface area (Å²) in [6, 6.07) is 4.64. The first kappa shape index (κ1) is 16.0. The number of carbonyl (C=O) groups excluding carboxylic acids is 1. The molecule has 0 saturated heterocycles. The fourth-order valence-corrected chi connectivity index (χ4v) is 1.65. The summed E-state index contributed by atoms with van der Waals surface area (Å²) in [7, 11) is 1.20. The highest BCUT2D eigenvalue weighted by Crippen LogP contribution is 2.19. The predicted molar refractivity (Wildman–Crippen MR) is 65.4 cm³/mol. The molecule has 0 amide bonds. The van der Waals surface area contributed by atoms with Crippen LogP contribution in [0.4, 0.5) is 8.78 Å². The topological polar surface area (TPSA) is 73.6 Å². The molecule has 1 aromatic rings. The zero-order valence-electron chi connectivity index (χ0n) is 10.8. The normalized spacial score (nSPS) is 12.0. The Morgan fingerprint density at radius 3 is 2.80 bits per heavy atom. The Labute approximate surface area is 115 Å². The molecular weight excluding hydrogens is 270 g/mol. The van der Waals surface area contributed by atoms with Gasteiger partial charge in [0.25, 0.3) is 0 Å². The van der Waals surface area contributed by atoms with Crippen LogP contribution in [0, 0.1) is 23.0 Å². The Morgan fingerprint density at radius 1 is 1.55 bits per heavy atom. The molecule has 7 heteroatoms. The number of esters is 1. The van der Waals surface area contributed by atoms with Gasteiger partial charge < -0.3 is 9.84 Å². The van der Waals surface area contributed by atoms with Crippen molar-refractivity contribution < 1.29 is 23.4 Å². The number of hydrogen-bond donors (Lipinski definition) is 1. The molecule has 5 nitrogen and oxygen atoms in total. The van der Waals surface area contributed by atoms with Gasteiger partial charge in [-0.05, 0) is 6.07 Å². The molecule has 0 saturated carbocycles. The van der Waals surface area contributed by atoms with E-state index < -0.39 is 23.7 Å². The average Bonchev–Trinajstić information content (AvgIpc) is 2.38. The van der Waals surface area contributed by atoms with Crippen LogP contribution in [0.15, 0.2) is 18.2 Å². The number of ether oxygens (including phenoxy) is 1. The van der Waals surface area contributed by atoms with Gasteiger partial charge in [0.05, 0.1) is 32.4 Å². The number of aliphatic hydroxyl groups is 1. The van der Waals surface area contributed by atoms with Crippen molar-refractivity contribution in [1.82, 2.24) is 4.90 Å². The van der Waals surface area contributed by atoms with Gasteiger partial charge in [-0.1, -0.05) is 6.07 Å². The number of rotatable bonds is 6. The maximum atomic E-state index is 13.5. The standard InChI is InChI=1S/C13H14F2N2O3/c1-20-13(19)8-17(5-4-16)7-12(18)10-3-2-9(14)6-11(10)15/h2-3,6,12,18H,5,7-8H2,1H3. The van der Waals surface area contributed by atoms with Crippen molar-refractivity contribution in [3.05, 3.63) is 35.4 Å². The fourth-order valence-electron chi connectivity index (χ4n) is 1.65. The quantitative estimate of drug-likeness (QED) is 0.623. The summed E-state index contributed by atoms with van der Waals surface area (Å²) < 4.78 is 30.7. The van der Waals surface area contributed by atoms with E-state index in [1.54, 1.807) is 0 Å². The minimum absolute atomic E-state index is 0.0980. The number of nitrogens with zero attached hydrogens (tertiary/aromatic N) is 2. The molecule has 0 heterocycles. The SMILES string of the molecule is COC(=O)CN(CC#N)CC(O)c1ccc(F)cc1F. The molecule has 108 valence electrons. The molecule has 0 aliphatic carbocycles. The second-order valence-electron chi connectivity index (χ2n) is 4.09. The van der Waals surface area contributed by atoms with Gasteiger partial charge >= 0.3 is 5.97 Å². The minimum atomic E-state index is -1.28. The van der Waals surface area contributed by atoms with E-state index in [0.29, 0.717) is 6.07 Å². The molecule has 1 unspecified atom stereocenters. The summed E-state index contributed by atoms with van der Waals surface area (Å²) in [5, 5.41) is 18.6. The van der Waals surface area contributed by atoms with Crippen LogP contribution in [-0.4, -0.2) is 42.7 Å². The van der Waals surface area contributed by atoms with Crippen LogP contribution in [0.2, 0.25) is 0 Å². The molecule has 0 bridgehead atoms. The van der Waals surface area contributed by atoms with E-state index in [-0.39, 0.29) is 25.2 Å². The lowest BCUT2D eigenvalue weighted by molar-refractivity contribution is -0.142. The van der Waals surface area contributed by atoms with Crippen LogP contribution >= 0.6 is 0 Å². The second-order valence-corrected chi connectivity index (χ2v) is 4.09. The number of carbonyl (C=O) groups is 1. The summed E-state index contributed by atoms with van der Waals surface area (Å²) in [6.45, 7) is -0.482. The first-order chi connectivity index (χ1) is 9.47. The zero-order valence-corrected chi connectivity index (χ0v) is 10.8. The molecule has 1 N–H and O–H groups in total. The van der Waals surface area contributed by atoms with E-state index in [9.17, 15) is 18.7 Å². The smallest absolute Gasteiger partial charge is 0.319 e. The number of methoxy groups -OCH3 is 1. The van der Waals surface area contributed by atoms with E-state index in [0.717, 1.165) is 12.1 Å². The highest BCUT2D eigenvalue weighted by molar-refractivity contribution is 5.71. The highest BCUT2D eigenvalue weighted by atomic mass is 19.1.